The number of anilines is 2. The van der Waals surface area contributed by atoms with E-state index in [-0.39, 0.29) is 16.4 Å². The number of hydrogen-bond donors (Lipinski definition) is 3. The number of carbonyl (C=O) groups is 3. The summed E-state index contributed by atoms with van der Waals surface area (Å²) >= 11 is 0. The summed E-state index contributed by atoms with van der Waals surface area (Å²) in [6.07, 6.45) is 3.15. The molecule has 0 radical (unpaired) electrons. The fourth-order valence-electron chi connectivity index (χ4n) is 5.23. The van der Waals surface area contributed by atoms with Gasteiger partial charge in [-0.25, -0.2) is 13.2 Å². The first-order valence-electron chi connectivity index (χ1n) is 14.2. The average Bonchev–Trinajstić information content (AvgIpc) is 3.53. The maximum absolute atomic E-state index is 14.6. The van der Waals surface area contributed by atoms with Crippen LogP contribution in [0.4, 0.5) is 16.2 Å². The van der Waals surface area contributed by atoms with Crippen LogP contribution in [0.2, 0.25) is 0 Å². The second-order valence-electron chi connectivity index (χ2n) is 10.7. The summed E-state index contributed by atoms with van der Waals surface area (Å²) in [7, 11) is 0.429. The number of carbonyl (C=O) groups excluding carboxylic acids is 3. The minimum atomic E-state index is -3.78. The fraction of sp³-hybridized carbons (Fsp3) is 0.355. The number of benzene rings is 2. The van der Waals surface area contributed by atoms with Crippen molar-refractivity contribution in [3.63, 3.8) is 0 Å². The molecule has 0 bridgehead atoms. The molecule has 1 aliphatic rings. The summed E-state index contributed by atoms with van der Waals surface area (Å²) in [5.41, 5.74) is 7.20. The van der Waals surface area contributed by atoms with E-state index in [1.54, 1.807) is 43.0 Å². The molecule has 0 aliphatic carbocycles. The van der Waals surface area contributed by atoms with Crippen LogP contribution in [0.25, 0.3) is 0 Å². The zero-order valence-electron chi connectivity index (χ0n) is 25.7. The van der Waals surface area contributed by atoms with Gasteiger partial charge in [-0.3, -0.25) is 19.9 Å². The molecule has 13 nitrogen and oxygen atoms in total. The van der Waals surface area contributed by atoms with Gasteiger partial charge in [-0.15, -0.1) is 0 Å². The second-order valence-corrected chi connectivity index (χ2v) is 13.1. The first-order valence-corrected chi connectivity index (χ1v) is 15.7. The number of methoxy groups -OCH3 is 3. The van der Waals surface area contributed by atoms with Crippen molar-refractivity contribution in [2.45, 2.75) is 48.9 Å². The highest BCUT2D eigenvalue weighted by atomic mass is 32.2. The van der Waals surface area contributed by atoms with E-state index < -0.39 is 39.2 Å². The van der Waals surface area contributed by atoms with Crippen molar-refractivity contribution in [1.82, 2.24) is 9.88 Å². The summed E-state index contributed by atoms with van der Waals surface area (Å²) in [4.78, 5) is 44.2. The number of sulfone groups is 1. The van der Waals surface area contributed by atoms with Gasteiger partial charge in [-0.2, -0.15) is 0 Å². The third-order valence-electron chi connectivity index (χ3n) is 7.59. The SMILES string of the molecule is COC(=O)Nc1ccc(S(=O)(=O)C(C)C)c(C2CCCN2C(=O)[C@H](Nc2cncc(C(N)=O)c2)c2ccc(OC)c(OC)c2)c1. The molecule has 1 unspecified atom stereocenters. The second kappa shape index (κ2) is 13.8. The van der Waals surface area contributed by atoms with Gasteiger partial charge in [0, 0.05) is 18.4 Å². The lowest BCUT2D eigenvalue weighted by Crippen LogP contribution is -2.38. The standard InChI is InChI=1S/C31H37N5O8S/c1-18(2)45(40,41)27-11-9-21(35-31(39)44-5)15-23(27)24-7-6-12-36(24)30(38)28(19-8-10-25(42-3)26(14-19)43-4)34-22-13-20(29(32)37)16-33-17-22/h8-11,13-18,24,28,34H,6-7,12H2,1-5H3,(H2,32,37)(H,35,39)/t24?,28-/m1/s1. The zero-order chi connectivity index (χ0) is 32.9. The van der Waals surface area contributed by atoms with E-state index in [1.807, 2.05) is 0 Å². The van der Waals surface area contributed by atoms with Crippen LogP contribution in [0, 0.1) is 0 Å². The third-order valence-corrected chi connectivity index (χ3v) is 9.81. The molecule has 4 N–H and O–H groups in total. The molecule has 4 rings (SSSR count). The molecule has 3 amide bonds. The van der Waals surface area contributed by atoms with E-state index in [0.717, 1.165) is 0 Å². The van der Waals surface area contributed by atoms with Gasteiger partial charge in [0.05, 0.1) is 55.0 Å². The summed E-state index contributed by atoms with van der Waals surface area (Å²) < 4.78 is 42.6. The molecule has 0 spiro atoms. The van der Waals surface area contributed by atoms with Crippen LogP contribution < -0.4 is 25.8 Å². The fourth-order valence-corrected chi connectivity index (χ4v) is 6.52. The predicted octanol–water partition coefficient (Wildman–Crippen LogP) is 4.08. The maximum atomic E-state index is 14.6. The van der Waals surface area contributed by atoms with Crippen molar-refractivity contribution in [1.29, 1.82) is 0 Å². The summed E-state index contributed by atoms with van der Waals surface area (Å²) in [6, 6.07) is 9.39. The highest BCUT2D eigenvalue weighted by Crippen LogP contribution is 2.40. The van der Waals surface area contributed by atoms with E-state index in [0.29, 0.717) is 53.4 Å². The lowest BCUT2D eigenvalue weighted by atomic mass is 10.0. The molecule has 2 aromatic carbocycles. The minimum absolute atomic E-state index is 0.0756. The van der Waals surface area contributed by atoms with Gasteiger partial charge in [-0.05, 0) is 74.2 Å². The van der Waals surface area contributed by atoms with Crippen LogP contribution in [0.5, 0.6) is 11.5 Å². The van der Waals surface area contributed by atoms with Gasteiger partial charge in [0.15, 0.2) is 21.3 Å². The van der Waals surface area contributed by atoms with Crippen molar-refractivity contribution < 1.29 is 37.0 Å². The van der Waals surface area contributed by atoms with Crippen LogP contribution in [0.3, 0.4) is 0 Å². The van der Waals surface area contributed by atoms with E-state index in [1.165, 1.54) is 51.9 Å². The zero-order valence-corrected chi connectivity index (χ0v) is 26.5. The van der Waals surface area contributed by atoms with Gasteiger partial charge in [0.2, 0.25) is 11.8 Å². The van der Waals surface area contributed by atoms with E-state index >= 15 is 0 Å². The molecule has 2 heterocycles. The smallest absolute Gasteiger partial charge is 0.411 e. The van der Waals surface area contributed by atoms with Crippen molar-refractivity contribution >= 4 is 39.1 Å². The highest BCUT2D eigenvalue weighted by Gasteiger charge is 2.38. The number of ether oxygens (including phenoxy) is 3. The van der Waals surface area contributed by atoms with Crippen LogP contribution >= 0.6 is 0 Å². The maximum Gasteiger partial charge on any atom is 0.411 e. The number of nitrogens with one attached hydrogen (secondary N) is 2. The van der Waals surface area contributed by atoms with Crippen molar-refractivity contribution in [2.24, 2.45) is 5.73 Å². The lowest BCUT2D eigenvalue weighted by Gasteiger charge is -2.32. The lowest BCUT2D eigenvalue weighted by molar-refractivity contribution is -0.133. The Morgan fingerprint density at radius 1 is 0.978 bits per heavy atom. The van der Waals surface area contributed by atoms with Gasteiger partial charge < -0.3 is 30.2 Å². The molecule has 240 valence electrons. The van der Waals surface area contributed by atoms with E-state index in [9.17, 15) is 22.8 Å². The van der Waals surface area contributed by atoms with Crippen LogP contribution in [0.1, 0.15) is 60.3 Å². The Balaban J connectivity index is 1.82. The Hall–Kier alpha value is -4.85. The number of nitrogens with two attached hydrogens (primary N) is 1. The van der Waals surface area contributed by atoms with Gasteiger partial charge in [0.25, 0.3) is 0 Å². The Labute approximate surface area is 262 Å². The summed E-state index contributed by atoms with van der Waals surface area (Å²) in [6.45, 7) is 3.51. The number of aromatic nitrogens is 1. The highest BCUT2D eigenvalue weighted by molar-refractivity contribution is 7.92. The van der Waals surface area contributed by atoms with Gasteiger partial charge in [0.1, 0.15) is 6.04 Å². The van der Waals surface area contributed by atoms with Crippen molar-refractivity contribution in [3.05, 3.63) is 71.5 Å². The van der Waals surface area contributed by atoms with Gasteiger partial charge >= 0.3 is 6.09 Å². The molecule has 45 heavy (non-hydrogen) atoms. The minimum Gasteiger partial charge on any atom is -0.493 e. The van der Waals surface area contributed by atoms with Crippen molar-refractivity contribution in [3.8, 4) is 11.5 Å². The van der Waals surface area contributed by atoms with Crippen LogP contribution in [0.15, 0.2) is 59.8 Å². The molecule has 14 heteroatoms. The number of rotatable bonds is 11. The van der Waals surface area contributed by atoms with Crippen LogP contribution in [-0.4, -0.2) is 69.3 Å². The predicted molar refractivity (Wildman–Crippen MR) is 167 cm³/mol. The molecular formula is C31H37N5O8S. The third kappa shape index (κ3) is 7.11. The molecule has 0 saturated carbocycles. The summed E-state index contributed by atoms with van der Waals surface area (Å²) in [5, 5.41) is 5.04. The average molecular weight is 640 g/mol. The molecular weight excluding hydrogens is 602 g/mol. The largest absolute Gasteiger partial charge is 0.493 e. The molecule has 2 atom stereocenters. The quantitative estimate of drug-likeness (QED) is 0.277. The molecule has 1 aliphatic heterocycles. The Morgan fingerprint density at radius 2 is 1.71 bits per heavy atom. The molecule has 1 aromatic heterocycles. The number of nitrogens with zero attached hydrogens (tertiary/aromatic N) is 2. The Morgan fingerprint density at radius 3 is 2.36 bits per heavy atom. The number of amides is 3. The molecule has 3 aromatic rings. The normalized spacial score (nSPS) is 15.3. The van der Waals surface area contributed by atoms with Crippen LogP contribution in [-0.2, 0) is 19.4 Å². The van der Waals surface area contributed by atoms with E-state index in [2.05, 4.69) is 15.6 Å². The first-order chi connectivity index (χ1) is 21.4. The number of pyridine rings is 1. The Kier molecular flexibility index (Phi) is 10.2. The number of hydrogen-bond acceptors (Lipinski definition) is 10. The summed E-state index contributed by atoms with van der Waals surface area (Å²) in [5.74, 6) is -0.196. The van der Waals surface area contributed by atoms with Crippen molar-refractivity contribution in [2.75, 3.05) is 38.5 Å². The topological polar surface area (TPSA) is 179 Å². The molecule has 1 fully saturated rings. The Bertz CT molecular complexity index is 1690. The number of primary amides is 1. The van der Waals surface area contributed by atoms with E-state index in [4.69, 9.17) is 19.9 Å². The number of likely N-dealkylation sites (tertiary alicyclic amines) is 1. The van der Waals surface area contributed by atoms with Gasteiger partial charge in [-0.1, -0.05) is 6.07 Å². The molecule has 1 saturated heterocycles. The first kappa shape index (κ1) is 33.1. The monoisotopic (exact) mass is 639 g/mol.